The minimum atomic E-state index is -2.99. The third kappa shape index (κ3) is 1.99. The van der Waals surface area contributed by atoms with Crippen LogP contribution in [0.3, 0.4) is 0 Å². The maximum absolute atomic E-state index is 13.9. The number of rotatable bonds is 2. The predicted molar refractivity (Wildman–Crippen MR) is 54.3 cm³/mol. The van der Waals surface area contributed by atoms with E-state index in [-0.39, 0.29) is 10.6 Å². The smallest absolute Gasteiger partial charge is 0.300 e. The van der Waals surface area contributed by atoms with Crippen LogP contribution in [0.1, 0.15) is 18.4 Å². The van der Waals surface area contributed by atoms with E-state index in [1.165, 1.54) is 12.1 Å². The molecule has 0 aromatic heterocycles. The summed E-state index contributed by atoms with van der Waals surface area (Å²) in [5.41, 5.74) is -0.140. The molecule has 15 heavy (non-hydrogen) atoms. The third-order valence-electron chi connectivity index (χ3n) is 2.57. The lowest BCUT2D eigenvalue weighted by Crippen LogP contribution is -2.30. The fourth-order valence-corrected chi connectivity index (χ4v) is 2.03. The first kappa shape index (κ1) is 10.8. The Morgan fingerprint density at radius 1 is 1.33 bits per heavy atom. The van der Waals surface area contributed by atoms with Gasteiger partial charge in [0.2, 0.25) is 0 Å². The summed E-state index contributed by atoms with van der Waals surface area (Å²) in [4.78, 5) is 0. The van der Waals surface area contributed by atoms with E-state index in [2.05, 4.69) is 0 Å². The Balaban J connectivity index is 2.31. The molecule has 1 saturated heterocycles. The highest BCUT2D eigenvalue weighted by Crippen LogP contribution is 2.40. The molecule has 4 heteroatoms. The Hall–Kier alpha value is -0.670. The number of benzene rings is 1. The van der Waals surface area contributed by atoms with Crippen LogP contribution >= 0.6 is 11.6 Å². The van der Waals surface area contributed by atoms with E-state index in [0.717, 1.165) is 0 Å². The molecule has 1 aliphatic rings. The van der Waals surface area contributed by atoms with Crippen LogP contribution in [-0.4, -0.2) is 12.7 Å². The summed E-state index contributed by atoms with van der Waals surface area (Å²) in [5.74, 6) is -2.99. The quantitative estimate of drug-likeness (QED) is 0.757. The van der Waals surface area contributed by atoms with Crippen molar-refractivity contribution >= 4 is 11.6 Å². The van der Waals surface area contributed by atoms with E-state index in [1.807, 2.05) is 0 Å². The average Bonchev–Trinajstić information content (AvgIpc) is 2.71. The van der Waals surface area contributed by atoms with Crippen molar-refractivity contribution in [1.29, 1.82) is 0 Å². The number of hydrogen-bond donors (Lipinski definition) is 0. The van der Waals surface area contributed by atoms with Gasteiger partial charge in [0, 0.05) is 17.2 Å². The maximum atomic E-state index is 13.9. The van der Waals surface area contributed by atoms with Crippen molar-refractivity contribution in [3.05, 3.63) is 34.9 Å². The number of hydrogen-bond acceptors (Lipinski definition) is 1. The SMILES string of the molecule is FC(F)(c1ccccc1Cl)C1CCCO1. The Bertz CT molecular complexity index is 348. The molecule has 0 radical (unpaired) electrons. The monoisotopic (exact) mass is 232 g/mol. The summed E-state index contributed by atoms with van der Waals surface area (Å²) >= 11 is 5.75. The van der Waals surface area contributed by atoms with E-state index in [9.17, 15) is 8.78 Å². The van der Waals surface area contributed by atoms with Gasteiger partial charge in [-0.2, -0.15) is 8.78 Å². The molecule has 1 aromatic rings. The Morgan fingerprint density at radius 3 is 2.67 bits per heavy atom. The van der Waals surface area contributed by atoms with Gasteiger partial charge in [-0.25, -0.2) is 0 Å². The average molecular weight is 233 g/mol. The van der Waals surface area contributed by atoms with Crippen LogP contribution in [0.25, 0.3) is 0 Å². The van der Waals surface area contributed by atoms with Gasteiger partial charge in [-0.15, -0.1) is 0 Å². The van der Waals surface area contributed by atoms with Crippen LogP contribution in [0.5, 0.6) is 0 Å². The van der Waals surface area contributed by atoms with Crippen LogP contribution in [0, 0.1) is 0 Å². The van der Waals surface area contributed by atoms with Gasteiger partial charge in [0.25, 0.3) is 5.92 Å². The molecule has 1 unspecified atom stereocenters. The van der Waals surface area contributed by atoms with Crippen LogP contribution in [0.2, 0.25) is 5.02 Å². The molecule has 1 heterocycles. The first-order chi connectivity index (χ1) is 7.12. The standard InChI is InChI=1S/C11H11ClF2O/c12-9-5-2-1-4-8(9)11(13,14)10-6-3-7-15-10/h1-2,4-5,10H,3,6-7H2. The van der Waals surface area contributed by atoms with E-state index < -0.39 is 12.0 Å². The number of alkyl halides is 2. The van der Waals surface area contributed by atoms with Crippen LogP contribution < -0.4 is 0 Å². The lowest BCUT2D eigenvalue weighted by Gasteiger charge is -2.23. The lowest BCUT2D eigenvalue weighted by molar-refractivity contribution is -0.122. The Labute approximate surface area is 92.0 Å². The van der Waals surface area contributed by atoms with Gasteiger partial charge in [-0.05, 0) is 18.9 Å². The van der Waals surface area contributed by atoms with Crippen LogP contribution in [0.4, 0.5) is 8.78 Å². The number of halogens is 3. The maximum Gasteiger partial charge on any atom is 0.300 e. The summed E-state index contributed by atoms with van der Waals surface area (Å²) in [7, 11) is 0. The highest BCUT2D eigenvalue weighted by atomic mass is 35.5. The molecular formula is C11H11ClF2O. The molecule has 0 bridgehead atoms. The van der Waals surface area contributed by atoms with E-state index in [0.29, 0.717) is 19.4 Å². The zero-order chi connectivity index (χ0) is 10.9. The second-order valence-corrected chi connectivity index (χ2v) is 4.01. The highest BCUT2D eigenvalue weighted by molar-refractivity contribution is 6.31. The van der Waals surface area contributed by atoms with Crippen molar-refractivity contribution in [2.24, 2.45) is 0 Å². The molecule has 0 saturated carbocycles. The Morgan fingerprint density at radius 2 is 2.07 bits per heavy atom. The van der Waals surface area contributed by atoms with Gasteiger partial charge in [0.15, 0.2) is 0 Å². The van der Waals surface area contributed by atoms with Gasteiger partial charge in [-0.3, -0.25) is 0 Å². The normalized spacial score (nSPS) is 21.9. The summed E-state index contributed by atoms with van der Waals surface area (Å²) in [6.07, 6.45) is 0.0422. The van der Waals surface area contributed by atoms with Gasteiger partial charge in [-0.1, -0.05) is 29.8 Å². The molecule has 0 spiro atoms. The van der Waals surface area contributed by atoms with Crippen molar-refractivity contribution in [2.75, 3.05) is 6.61 Å². The summed E-state index contributed by atoms with van der Waals surface area (Å²) in [6.45, 7) is 0.407. The molecule has 1 aromatic carbocycles. The van der Waals surface area contributed by atoms with E-state index >= 15 is 0 Å². The zero-order valence-electron chi connectivity index (χ0n) is 8.05. The second kappa shape index (κ2) is 4.06. The molecule has 2 rings (SSSR count). The van der Waals surface area contributed by atoms with Gasteiger partial charge in [0.1, 0.15) is 6.10 Å². The van der Waals surface area contributed by atoms with Gasteiger partial charge < -0.3 is 4.74 Å². The molecule has 1 fully saturated rings. The molecule has 0 N–H and O–H groups in total. The second-order valence-electron chi connectivity index (χ2n) is 3.60. The van der Waals surface area contributed by atoms with Crippen molar-refractivity contribution in [3.63, 3.8) is 0 Å². The minimum absolute atomic E-state index is 0.0954. The topological polar surface area (TPSA) is 9.23 Å². The number of ether oxygens (including phenoxy) is 1. The molecular weight excluding hydrogens is 222 g/mol. The third-order valence-corrected chi connectivity index (χ3v) is 2.90. The van der Waals surface area contributed by atoms with E-state index in [4.69, 9.17) is 16.3 Å². The van der Waals surface area contributed by atoms with Crippen LogP contribution in [-0.2, 0) is 10.7 Å². The van der Waals surface area contributed by atoms with Crippen molar-refractivity contribution in [3.8, 4) is 0 Å². The minimum Gasteiger partial charge on any atom is -0.372 e. The summed E-state index contributed by atoms with van der Waals surface area (Å²) in [6, 6.07) is 6.02. The van der Waals surface area contributed by atoms with Crippen molar-refractivity contribution < 1.29 is 13.5 Å². The zero-order valence-corrected chi connectivity index (χ0v) is 8.81. The molecule has 82 valence electrons. The fraction of sp³-hybridized carbons (Fsp3) is 0.455. The largest absolute Gasteiger partial charge is 0.372 e. The molecule has 0 aliphatic carbocycles. The Kier molecular flexibility index (Phi) is 2.94. The van der Waals surface area contributed by atoms with Crippen LogP contribution in [0.15, 0.2) is 24.3 Å². The van der Waals surface area contributed by atoms with Crippen molar-refractivity contribution in [2.45, 2.75) is 24.9 Å². The first-order valence-corrected chi connectivity index (χ1v) is 5.24. The first-order valence-electron chi connectivity index (χ1n) is 4.87. The fourth-order valence-electron chi connectivity index (χ4n) is 1.77. The van der Waals surface area contributed by atoms with Gasteiger partial charge >= 0.3 is 0 Å². The molecule has 1 nitrogen and oxygen atoms in total. The molecule has 1 aliphatic heterocycles. The summed E-state index contributed by atoms with van der Waals surface area (Å²) in [5, 5.41) is 0.0954. The lowest BCUT2D eigenvalue weighted by atomic mass is 10.0. The van der Waals surface area contributed by atoms with Gasteiger partial charge in [0.05, 0.1) is 0 Å². The predicted octanol–water partition coefficient (Wildman–Crippen LogP) is 3.61. The summed E-state index contributed by atoms with van der Waals surface area (Å²) < 4.78 is 32.8. The molecule has 1 atom stereocenters. The molecule has 0 amide bonds. The van der Waals surface area contributed by atoms with E-state index in [1.54, 1.807) is 12.1 Å². The van der Waals surface area contributed by atoms with Crippen molar-refractivity contribution in [1.82, 2.24) is 0 Å². The highest BCUT2D eigenvalue weighted by Gasteiger charge is 2.45.